The number of aliphatic hydroxyl groups is 1. The van der Waals surface area contributed by atoms with Crippen LogP contribution in [0.1, 0.15) is 110 Å². The number of hydrogen-bond donors (Lipinski definition) is 3. The molecule has 0 aromatic heterocycles. The molecule has 3 N–H and O–H groups in total. The molecule has 0 radical (unpaired) electrons. The topological polar surface area (TPSA) is 79.2 Å². The highest BCUT2D eigenvalue weighted by Gasteiger charge is 2.12. The largest absolute Gasteiger partial charge is 0.388 e. The van der Waals surface area contributed by atoms with Gasteiger partial charge in [-0.3, -0.25) is 0 Å². The van der Waals surface area contributed by atoms with Crippen LogP contribution in [-0.2, 0) is 21.1 Å². The zero-order valence-electron chi connectivity index (χ0n) is 18.0. The van der Waals surface area contributed by atoms with Crippen molar-refractivity contribution in [1.29, 1.82) is 0 Å². The van der Waals surface area contributed by atoms with E-state index in [-0.39, 0.29) is 13.2 Å². The van der Waals surface area contributed by atoms with Crippen molar-refractivity contribution in [2.24, 2.45) is 0 Å². The standard InChI is InChI=1S/C21H45O5PS/c1-2-3-4-5-6-7-8-9-10-11-12-13-14-15-16-17-18-25-19-21(22)20-26-27(23,24)28/h21-22H,2-20H2,1H3,(H2,23,24,28). The minimum atomic E-state index is -3.68. The Morgan fingerprint density at radius 1 is 0.679 bits per heavy atom. The first-order chi connectivity index (χ1) is 13.5. The van der Waals surface area contributed by atoms with Crippen molar-refractivity contribution in [2.75, 3.05) is 19.8 Å². The third-order valence-electron chi connectivity index (χ3n) is 4.89. The summed E-state index contributed by atoms with van der Waals surface area (Å²) in [6, 6.07) is 0. The molecule has 0 aliphatic heterocycles. The van der Waals surface area contributed by atoms with Crippen LogP contribution in [0.3, 0.4) is 0 Å². The lowest BCUT2D eigenvalue weighted by Crippen LogP contribution is -2.21. The summed E-state index contributed by atoms with van der Waals surface area (Å²) >= 11 is 4.31. The fourth-order valence-electron chi connectivity index (χ4n) is 3.20. The summed E-state index contributed by atoms with van der Waals surface area (Å²) in [5, 5.41) is 9.55. The van der Waals surface area contributed by atoms with Gasteiger partial charge in [0.05, 0.1) is 13.2 Å². The highest BCUT2D eigenvalue weighted by Crippen LogP contribution is 2.36. The van der Waals surface area contributed by atoms with Gasteiger partial charge in [0, 0.05) is 6.61 Å². The second-order valence-electron chi connectivity index (χ2n) is 7.82. The third kappa shape index (κ3) is 24.5. The first-order valence-corrected chi connectivity index (χ1v) is 14.0. The van der Waals surface area contributed by atoms with Crippen LogP contribution >= 0.6 is 6.72 Å². The van der Waals surface area contributed by atoms with Crippen molar-refractivity contribution >= 4 is 18.5 Å². The van der Waals surface area contributed by atoms with E-state index in [4.69, 9.17) is 14.5 Å². The van der Waals surface area contributed by atoms with Gasteiger partial charge in [0.2, 0.25) is 0 Å². The van der Waals surface area contributed by atoms with Crippen LogP contribution in [0.2, 0.25) is 0 Å². The fraction of sp³-hybridized carbons (Fsp3) is 1.00. The van der Waals surface area contributed by atoms with Gasteiger partial charge in [-0.2, -0.15) is 0 Å². The maximum absolute atomic E-state index is 9.55. The number of aliphatic hydroxyl groups excluding tert-OH is 1. The Balaban J connectivity index is 3.13. The van der Waals surface area contributed by atoms with Gasteiger partial charge >= 0.3 is 6.72 Å². The number of ether oxygens (including phenoxy) is 1. The van der Waals surface area contributed by atoms with Crippen molar-refractivity contribution < 1.29 is 24.2 Å². The quantitative estimate of drug-likeness (QED) is 0.145. The zero-order valence-corrected chi connectivity index (χ0v) is 19.7. The van der Waals surface area contributed by atoms with Gasteiger partial charge in [0.25, 0.3) is 0 Å². The van der Waals surface area contributed by atoms with Crippen molar-refractivity contribution in [2.45, 2.75) is 116 Å². The molecule has 0 fully saturated rings. The first kappa shape index (κ1) is 28.5. The maximum atomic E-state index is 9.55. The average Bonchev–Trinajstić information content (AvgIpc) is 2.65. The second-order valence-corrected chi connectivity index (χ2v) is 10.5. The van der Waals surface area contributed by atoms with Gasteiger partial charge in [-0.15, -0.1) is 0 Å². The number of hydrogen-bond acceptors (Lipinski definition) is 4. The third-order valence-corrected chi connectivity index (χ3v) is 5.69. The molecule has 0 saturated carbocycles. The maximum Gasteiger partial charge on any atom is 0.321 e. The predicted octanol–water partition coefficient (Wildman–Crippen LogP) is 5.85. The molecular formula is C21H45O5PS. The van der Waals surface area contributed by atoms with Gasteiger partial charge in [0.1, 0.15) is 6.10 Å². The Hall–Kier alpha value is 0.450. The van der Waals surface area contributed by atoms with Crippen LogP contribution in [0.4, 0.5) is 0 Å². The molecule has 0 aromatic rings. The molecule has 0 amide bonds. The molecule has 1 atom stereocenters. The molecule has 0 saturated heterocycles. The molecular weight excluding hydrogens is 395 g/mol. The molecule has 0 aromatic carbocycles. The minimum absolute atomic E-state index is 0.133. The SMILES string of the molecule is CCCCCCCCCCCCCCCCCCOCC(O)COP(O)(O)=S. The van der Waals surface area contributed by atoms with E-state index in [9.17, 15) is 5.11 Å². The molecule has 0 spiro atoms. The van der Waals surface area contributed by atoms with Gasteiger partial charge in [0.15, 0.2) is 0 Å². The first-order valence-electron chi connectivity index (χ1n) is 11.4. The summed E-state index contributed by atoms with van der Waals surface area (Å²) in [6.45, 7) is -0.869. The van der Waals surface area contributed by atoms with E-state index in [1.807, 2.05) is 0 Å². The Morgan fingerprint density at radius 2 is 1.07 bits per heavy atom. The number of rotatable bonds is 22. The molecule has 0 aliphatic carbocycles. The Bertz CT molecular complexity index is 365. The summed E-state index contributed by atoms with van der Waals surface area (Å²) in [7, 11) is 0. The smallest absolute Gasteiger partial charge is 0.321 e. The van der Waals surface area contributed by atoms with E-state index >= 15 is 0 Å². The van der Waals surface area contributed by atoms with E-state index in [1.165, 1.54) is 89.9 Å². The van der Waals surface area contributed by atoms with Gasteiger partial charge in [-0.25, -0.2) is 0 Å². The van der Waals surface area contributed by atoms with Gasteiger partial charge < -0.3 is 24.2 Å². The zero-order chi connectivity index (χ0) is 20.9. The van der Waals surface area contributed by atoms with Crippen molar-refractivity contribution in [3.63, 3.8) is 0 Å². The van der Waals surface area contributed by atoms with Crippen LogP contribution in [0, 0.1) is 0 Å². The molecule has 5 nitrogen and oxygen atoms in total. The van der Waals surface area contributed by atoms with E-state index in [0.717, 1.165) is 12.8 Å². The van der Waals surface area contributed by atoms with Crippen molar-refractivity contribution in [3.8, 4) is 0 Å². The van der Waals surface area contributed by atoms with Crippen LogP contribution in [0.15, 0.2) is 0 Å². The highest BCUT2D eigenvalue weighted by molar-refractivity contribution is 8.06. The fourth-order valence-corrected chi connectivity index (χ4v) is 3.75. The molecule has 0 heterocycles. The molecule has 0 rings (SSSR count). The lowest BCUT2D eigenvalue weighted by atomic mass is 10.0. The molecule has 7 heteroatoms. The normalized spacial score (nSPS) is 13.1. The number of unbranched alkanes of at least 4 members (excludes halogenated alkanes) is 15. The Kier molecular flexibility index (Phi) is 21.0. The van der Waals surface area contributed by atoms with Crippen molar-refractivity contribution in [1.82, 2.24) is 0 Å². The summed E-state index contributed by atoms with van der Waals surface area (Å²) in [4.78, 5) is 17.8. The van der Waals surface area contributed by atoms with E-state index in [0.29, 0.717) is 6.61 Å². The minimum Gasteiger partial charge on any atom is -0.388 e. The molecule has 0 bridgehead atoms. The van der Waals surface area contributed by atoms with Crippen LogP contribution < -0.4 is 0 Å². The van der Waals surface area contributed by atoms with Crippen LogP contribution in [-0.4, -0.2) is 40.8 Å². The predicted molar refractivity (Wildman–Crippen MR) is 121 cm³/mol. The van der Waals surface area contributed by atoms with Crippen LogP contribution in [0.25, 0.3) is 0 Å². The Morgan fingerprint density at radius 3 is 1.46 bits per heavy atom. The summed E-state index contributed by atoms with van der Waals surface area (Å²) in [5.74, 6) is 0. The summed E-state index contributed by atoms with van der Waals surface area (Å²) < 4.78 is 9.95. The average molecular weight is 441 g/mol. The Labute approximate surface area is 178 Å². The van der Waals surface area contributed by atoms with Crippen molar-refractivity contribution in [3.05, 3.63) is 0 Å². The highest BCUT2D eigenvalue weighted by atomic mass is 32.5. The monoisotopic (exact) mass is 440 g/mol. The molecule has 1 unspecified atom stereocenters. The lowest BCUT2D eigenvalue weighted by Gasteiger charge is -2.13. The van der Waals surface area contributed by atoms with Gasteiger partial charge in [-0.05, 0) is 18.2 Å². The summed E-state index contributed by atoms with van der Waals surface area (Å²) in [6.07, 6.45) is 20.6. The van der Waals surface area contributed by atoms with E-state index in [2.05, 4.69) is 23.3 Å². The van der Waals surface area contributed by atoms with E-state index in [1.54, 1.807) is 0 Å². The molecule has 0 aliphatic rings. The lowest BCUT2D eigenvalue weighted by molar-refractivity contribution is 0.00838. The van der Waals surface area contributed by atoms with Crippen LogP contribution in [0.5, 0.6) is 0 Å². The molecule has 170 valence electrons. The summed E-state index contributed by atoms with van der Waals surface area (Å²) in [5.41, 5.74) is 0. The van der Waals surface area contributed by atoms with Gasteiger partial charge in [-0.1, -0.05) is 103 Å². The molecule has 28 heavy (non-hydrogen) atoms. The van der Waals surface area contributed by atoms with E-state index < -0.39 is 12.8 Å². The second kappa shape index (κ2) is 20.7.